The van der Waals surface area contributed by atoms with Gasteiger partial charge in [-0.2, -0.15) is 0 Å². The first-order chi connectivity index (χ1) is 5.85. The molecule has 0 rings (SSSR count). The van der Waals surface area contributed by atoms with Crippen LogP contribution in [0.4, 0.5) is 0 Å². The standard InChI is InChI=1S/C9H20N2S/c1-4-7-8-12-9(10-5-2)11-6-3/h4-8H2,1-3H3,(H,10,11). The molecular weight excluding hydrogens is 168 g/mol. The van der Waals surface area contributed by atoms with E-state index in [1.165, 1.54) is 18.6 Å². The Labute approximate surface area is 80.2 Å². The minimum atomic E-state index is 0.876. The van der Waals surface area contributed by atoms with E-state index in [0.717, 1.165) is 18.3 Å². The van der Waals surface area contributed by atoms with Crippen LogP contribution in [-0.2, 0) is 0 Å². The highest BCUT2D eigenvalue weighted by Gasteiger charge is 1.95. The van der Waals surface area contributed by atoms with Crippen LogP contribution in [0.2, 0.25) is 0 Å². The summed E-state index contributed by atoms with van der Waals surface area (Å²) in [6, 6.07) is 0. The van der Waals surface area contributed by atoms with Crippen molar-refractivity contribution in [2.45, 2.75) is 33.6 Å². The predicted molar refractivity (Wildman–Crippen MR) is 59.0 cm³/mol. The van der Waals surface area contributed by atoms with Gasteiger partial charge < -0.3 is 5.32 Å². The number of hydrogen-bond donors (Lipinski definition) is 1. The van der Waals surface area contributed by atoms with Gasteiger partial charge in [0.15, 0.2) is 5.17 Å². The number of nitrogens with one attached hydrogen (secondary N) is 1. The molecule has 0 heterocycles. The second kappa shape index (κ2) is 8.91. The number of nitrogens with zero attached hydrogens (tertiary/aromatic N) is 1. The fourth-order valence-electron chi connectivity index (χ4n) is 0.761. The molecule has 0 fully saturated rings. The number of rotatable bonds is 5. The largest absolute Gasteiger partial charge is 0.365 e. The van der Waals surface area contributed by atoms with Gasteiger partial charge in [-0.15, -0.1) is 0 Å². The van der Waals surface area contributed by atoms with E-state index in [1.807, 2.05) is 11.8 Å². The third-order valence-electron chi connectivity index (χ3n) is 1.37. The second-order valence-corrected chi connectivity index (χ2v) is 3.60. The second-order valence-electron chi connectivity index (χ2n) is 2.51. The van der Waals surface area contributed by atoms with E-state index in [-0.39, 0.29) is 0 Å². The molecule has 0 saturated carbocycles. The fourth-order valence-corrected chi connectivity index (χ4v) is 1.85. The zero-order valence-corrected chi connectivity index (χ0v) is 9.21. The van der Waals surface area contributed by atoms with Gasteiger partial charge in [0.25, 0.3) is 0 Å². The Kier molecular flexibility index (Phi) is 8.78. The topological polar surface area (TPSA) is 24.4 Å². The Balaban J connectivity index is 3.56. The Morgan fingerprint density at radius 1 is 1.33 bits per heavy atom. The lowest BCUT2D eigenvalue weighted by molar-refractivity contribution is 0.896. The van der Waals surface area contributed by atoms with Crippen molar-refractivity contribution < 1.29 is 0 Å². The molecule has 0 aromatic rings. The van der Waals surface area contributed by atoms with Gasteiger partial charge in [-0.25, -0.2) is 0 Å². The minimum absolute atomic E-state index is 0.876. The van der Waals surface area contributed by atoms with Crippen LogP contribution in [0.25, 0.3) is 0 Å². The van der Waals surface area contributed by atoms with E-state index in [1.54, 1.807) is 0 Å². The molecule has 0 atom stereocenters. The third-order valence-corrected chi connectivity index (χ3v) is 2.41. The summed E-state index contributed by atoms with van der Waals surface area (Å²) in [5.41, 5.74) is 0. The fraction of sp³-hybridized carbons (Fsp3) is 0.889. The first-order valence-corrected chi connectivity index (χ1v) is 5.74. The monoisotopic (exact) mass is 188 g/mol. The Hall–Kier alpha value is -0.180. The molecule has 0 aliphatic carbocycles. The summed E-state index contributed by atoms with van der Waals surface area (Å²) in [6.07, 6.45) is 2.54. The molecule has 0 aromatic heterocycles. The van der Waals surface area contributed by atoms with Crippen LogP contribution < -0.4 is 5.32 Å². The lowest BCUT2D eigenvalue weighted by atomic mass is 10.4. The van der Waals surface area contributed by atoms with Crippen LogP contribution in [0.15, 0.2) is 4.99 Å². The molecule has 0 aliphatic heterocycles. The maximum absolute atomic E-state index is 4.35. The third kappa shape index (κ3) is 6.53. The molecule has 3 heteroatoms. The van der Waals surface area contributed by atoms with E-state index < -0.39 is 0 Å². The Morgan fingerprint density at radius 3 is 2.58 bits per heavy atom. The van der Waals surface area contributed by atoms with Crippen molar-refractivity contribution in [3.63, 3.8) is 0 Å². The van der Waals surface area contributed by atoms with Gasteiger partial charge in [0.1, 0.15) is 0 Å². The summed E-state index contributed by atoms with van der Waals surface area (Å²) in [5, 5.41) is 4.36. The molecule has 0 unspecified atom stereocenters. The van der Waals surface area contributed by atoms with Crippen LogP contribution >= 0.6 is 11.8 Å². The summed E-state index contributed by atoms with van der Waals surface area (Å²) in [4.78, 5) is 4.35. The lowest BCUT2D eigenvalue weighted by Gasteiger charge is -2.05. The predicted octanol–water partition coefficient (Wildman–Crippen LogP) is 2.51. The molecule has 12 heavy (non-hydrogen) atoms. The normalized spacial score (nSPS) is 11.8. The number of hydrogen-bond acceptors (Lipinski definition) is 2. The van der Waals surface area contributed by atoms with Crippen LogP contribution in [0.1, 0.15) is 33.6 Å². The van der Waals surface area contributed by atoms with Crippen molar-refractivity contribution >= 4 is 16.9 Å². The summed E-state index contributed by atoms with van der Waals surface area (Å²) in [7, 11) is 0. The first kappa shape index (κ1) is 11.8. The SMILES string of the molecule is CCCCSC(=NCC)NCC. The van der Waals surface area contributed by atoms with Gasteiger partial charge in [0.2, 0.25) is 0 Å². The average molecular weight is 188 g/mol. The molecule has 2 nitrogen and oxygen atoms in total. The van der Waals surface area contributed by atoms with E-state index >= 15 is 0 Å². The lowest BCUT2D eigenvalue weighted by Crippen LogP contribution is -2.20. The van der Waals surface area contributed by atoms with Gasteiger partial charge in [-0.05, 0) is 20.3 Å². The molecule has 0 spiro atoms. The Bertz CT molecular complexity index is 124. The smallest absolute Gasteiger partial charge is 0.156 e. The maximum atomic E-state index is 4.35. The number of amidine groups is 1. The Morgan fingerprint density at radius 2 is 2.08 bits per heavy atom. The number of thioether (sulfide) groups is 1. The summed E-state index contributed by atoms with van der Waals surface area (Å²) in [6.45, 7) is 8.23. The highest BCUT2D eigenvalue weighted by Crippen LogP contribution is 2.05. The molecule has 0 saturated heterocycles. The molecule has 0 bridgehead atoms. The minimum Gasteiger partial charge on any atom is -0.365 e. The van der Waals surface area contributed by atoms with Crippen molar-refractivity contribution in [3.8, 4) is 0 Å². The summed E-state index contributed by atoms with van der Waals surface area (Å²) < 4.78 is 0. The highest BCUT2D eigenvalue weighted by atomic mass is 32.2. The van der Waals surface area contributed by atoms with Crippen molar-refractivity contribution in [1.29, 1.82) is 0 Å². The van der Waals surface area contributed by atoms with Crippen LogP contribution in [0, 0.1) is 0 Å². The average Bonchev–Trinajstić information content (AvgIpc) is 2.06. The molecule has 0 aliphatic rings. The zero-order chi connectivity index (χ0) is 9.23. The zero-order valence-electron chi connectivity index (χ0n) is 8.39. The highest BCUT2D eigenvalue weighted by molar-refractivity contribution is 8.13. The van der Waals surface area contributed by atoms with Gasteiger partial charge in [-0.3, -0.25) is 4.99 Å². The summed E-state index contributed by atoms with van der Waals surface area (Å²) in [5.74, 6) is 1.18. The van der Waals surface area contributed by atoms with Crippen molar-refractivity contribution in [3.05, 3.63) is 0 Å². The van der Waals surface area contributed by atoms with Crippen molar-refractivity contribution in [2.75, 3.05) is 18.8 Å². The van der Waals surface area contributed by atoms with Crippen LogP contribution in [0.5, 0.6) is 0 Å². The maximum Gasteiger partial charge on any atom is 0.156 e. The molecule has 0 aromatic carbocycles. The quantitative estimate of drug-likeness (QED) is 0.407. The molecule has 0 radical (unpaired) electrons. The number of unbranched alkanes of at least 4 members (excludes halogenated alkanes) is 1. The van der Waals surface area contributed by atoms with Crippen molar-refractivity contribution in [2.24, 2.45) is 4.99 Å². The van der Waals surface area contributed by atoms with E-state index in [0.29, 0.717) is 0 Å². The van der Waals surface area contributed by atoms with Crippen LogP contribution in [-0.4, -0.2) is 24.0 Å². The van der Waals surface area contributed by atoms with E-state index in [9.17, 15) is 0 Å². The summed E-state index contributed by atoms with van der Waals surface area (Å²) >= 11 is 1.83. The molecule has 1 N–H and O–H groups in total. The van der Waals surface area contributed by atoms with Crippen LogP contribution in [0.3, 0.4) is 0 Å². The molecular formula is C9H20N2S. The van der Waals surface area contributed by atoms with E-state index in [2.05, 4.69) is 31.1 Å². The van der Waals surface area contributed by atoms with E-state index in [4.69, 9.17) is 0 Å². The van der Waals surface area contributed by atoms with Gasteiger partial charge in [0, 0.05) is 18.8 Å². The number of aliphatic imine (C=N–C) groups is 1. The molecule has 0 amide bonds. The van der Waals surface area contributed by atoms with Crippen molar-refractivity contribution in [1.82, 2.24) is 5.32 Å². The first-order valence-electron chi connectivity index (χ1n) is 4.76. The van der Waals surface area contributed by atoms with Gasteiger partial charge in [0.05, 0.1) is 0 Å². The van der Waals surface area contributed by atoms with Gasteiger partial charge in [-0.1, -0.05) is 25.1 Å². The van der Waals surface area contributed by atoms with Gasteiger partial charge >= 0.3 is 0 Å². The molecule has 72 valence electrons.